The summed E-state index contributed by atoms with van der Waals surface area (Å²) in [6.45, 7) is 3.10. The molecule has 0 saturated carbocycles. The van der Waals surface area contributed by atoms with Crippen LogP contribution in [0.1, 0.15) is 6.92 Å². The van der Waals surface area contributed by atoms with Crippen molar-refractivity contribution in [3.63, 3.8) is 0 Å². The van der Waals surface area contributed by atoms with Crippen LogP contribution in [0, 0.1) is 0 Å². The second-order valence-electron chi connectivity index (χ2n) is 3.71. The number of nitrogens with zero attached hydrogens (tertiary/aromatic N) is 2. The minimum atomic E-state index is -0.149. The molecule has 4 nitrogen and oxygen atoms in total. The van der Waals surface area contributed by atoms with Gasteiger partial charge in [0.25, 0.3) is 5.24 Å². The first kappa shape index (κ1) is 12.0. The molecule has 0 bridgehead atoms. The Kier molecular flexibility index (Phi) is 3.68. The Labute approximate surface area is 105 Å². The van der Waals surface area contributed by atoms with Crippen LogP contribution in [-0.2, 0) is 4.79 Å². The fourth-order valence-corrected chi connectivity index (χ4v) is 2.41. The van der Waals surface area contributed by atoms with Crippen molar-refractivity contribution in [1.82, 2.24) is 4.90 Å². The molecule has 5 heteroatoms. The Bertz CT molecular complexity index is 406. The van der Waals surface area contributed by atoms with Crippen LogP contribution in [0.2, 0.25) is 0 Å². The normalized spacial score (nSPS) is 15.5. The zero-order valence-electron chi connectivity index (χ0n) is 9.63. The van der Waals surface area contributed by atoms with Gasteiger partial charge in [0.05, 0.1) is 5.75 Å². The number of amides is 2. The van der Waals surface area contributed by atoms with E-state index in [1.807, 2.05) is 42.2 Å². The highest BCUT2D eigenvalue weighted by molar-refractivity contribution is 8.14. The fourth-order valence-electron chi connectivity index (χ4n) is 1.69. The van der Waals surface area contributed by atoms with E-state index in [0.29, 0.717) is 6.67 Å². The van der Waals surface area contributed by atoms with E-state index in [9.17, 15) is 9.59 Å². The van der Waals surface area contributed by atoms with Crippen LogP contribution < -0.4 is 4.90 Å². The van der Waals surface area contributed by atoms with E-state index in [1.165, 1.54) is 4.90 Å². The average molecular weight is 250 g/mol. The monoisotopic (exact) mass is 250 g/mol. The van der Waals surface area contributed by atoms with E-state index in [0.717, 1.165) is 24.0 Å². The molecular weight excluding hydrogens is 236 g/mol. The molecule has 0 N–H and O–H groups in total. The molecule has 90 valence electrons. The fraction of sp³-hybridized carbons (Fsp3) is 0.333. The van der Waals surface area contributed by atoms with Gasteiger partial charge in [-0.15, -0.1) is 0 Å². The molecule has 0 aliphatic carbocycles. The van der Waals surface area contributed by atoms with E-state index >= 15 is 0 Å². The van der Waals surface area contributed by atoms with Gasteiger partial charge in [-0.25, -0.2) is 0 Å². The molecule has 0 aromatic heterocycles. The summed E-state index contributed by atoms with van der Waals surface area (Å²) < 4.78 is 0. The van der Waals surface area contributed by atoms with Gasteiger partial charge >= 0.3 is 0 Å². The van der Waals surface area contributed by atoms with E-state index in [1.54, 1.807) is 0 Å². The third kappa shape index (κ3) is 2.61. The Morgan fingerprint density at radius 3 is 2.53 bits per heavy atom. The predicted molar refractivity (Wildman–Crippen MR) is 69.0 cm³/mol. The molecule has 0 radical (unpaired) electrons. The smallest absolute Gasteiger partial charge is 0.290 e. The molecule has 1 aliphatic rings. The van der Waals surface area contributed by atoms with Gasteiger partial charge in [0.2, 0.25) is 5.91 Å². The highest BCUT2D eigenvalue weighted by atomic mass is 32.2. The molecule has 1 aliphatic heterocycles. The predicted octanol–water partition coefficient (Wildman–Crippen LogP) is 2.17. The van der Waals surface area contributed by atoms with E-state index in [4.69, 9.17) is 0 Å². The summed E-state index contributed by atoms with van der Waals surface area (Å²) in [5.74, 6) is 0.167. The van der Waals surface area contributed by atoms with Crippen LogP contribution >= 0.6 is 11.8 Å². The molecule has 1 aromatic rings. The maximum Gasteiger partial charge on any atom is 0.290 e. The van der Waals surface area contributed by atoms with Gasteiger partial charge in [0.1, 0.15) is 6.67 Å². The molecule has 1 saturated heterocycles. The summed E-state index contributed by atoms with van der Waals surface area (Å²) in [6, 6.07) is 9.78. The maximum absolute atomic E-state index is 11.5. The largest absolute Gasteiger partial charge is 0.354 e. The van der Waals surface area contributed by atoms with Crippen LogP contribution in [-0.4, -0.2) is 35.0 Å². The molecule has 2 rings (SSSR count). The highest BCUT2D eigenvalue weighted by Crippen LogP contribution is 2.21. The second-order valence-corrected chi connectivity index (χ2v) is 4.64. The Hall–Kier alpha value is -1.49. The first-order chi connectivity index (χ1) is 8.22. The molecule has 0 unspecified atom stereocenters. The average Bonchev–Trinajstić information content (AvgIpc) is 2.68. The molecular formula is C12H14N2O2S. The molecule has 2 amide bonds. The zero-order chi connectivity index (χ0) is 12.3. The number of hydrogen-bond donors (Lipinski definition) is 0. The number of para-hydroxylation sites is 1. The number of anilines is 1. The lowest BCUT2D eigenvalue weighted by Gasteiger charge is -2.27. The summed E-state index contributed by atoms with van der Waals surface area (Å²) in [4.78, 5) is 26.3. The van der Waals surface area contributed by atoms with Crippen LogP contribution in [0.4, 0.5) is 10.5 Å². The number of carbonyl (C=O) groups is 2. The molecule has 1 fully saturated rings. The number of thioether (sulfide) groups is 1. The molecule has 1 heterocycles. The van der Waals surface area contributed by atoms with Gasteiger partial charge in [0, 0.05) is 12.2 Å². The summed E-state index contributed by atoms with van der Waals surface area (Å²) in [6.07, 6.45) is 0. The standard InChI is InChI=1S/C12H14N2O2S/c1-2-13(10-6-4-3-5-7-10)9-14-11(15)8-17-12(14)16/h3-7H,2,8-9H2,1H3. The number of imide groups is 1. The van der Waals surface area contributed by atoms with Crippen molar-refractivity contribution < 1.29 is 9.59 Å². The van der Waals surface area contributed by atoms with Crippen LogP contribution in [0.3, 0.4) is 0 Å². The molecule has 17 heavy (non-hydrogen) atoms. The van der Waals surface area contributed by atoms with Gasteiger partial charge < -0.3 is 4.90 Å². The van der Waals surface area contributed by atoms with Crippen molar-refractivity contribution in [2.45, 2.75) is 6.92 Å². The van der Waals surface area contributed by atoms with Crippen LogP contribution in [0.15, 0.2) is 30.3 Å². The quantitative estimate of drug-likeness (QED) is 0.821. The number of carbonyl (C=O) groups excluding carboxylic acids is 2. The van der Waals surface area contributed by atoms with Crippen molar-refractivity contribution in [2.75, 3.05) is 23.9 Å². The summed E-state index contributed by atoms with van der Waals surface area (Å²) in [5.41, 5.74) is 1.02. The van der Waals surface area contributed by atoms with Crippen LogP contribution in [0.5, 0.6) is 0 Å². The third-order valence-corrected chi connectivity index (χ3v) is 3.51. The maximum atomic E-state index is 11.5. The Balaban J connectivity index is 2.10. The second kappa shape index (κ2) is 5.23. The first-order valence-electron chi connectivity index (χ1n) is 5.49. The molecule has 0 atom stereocenters. The van der Waals surface area contributed by atoms with Crippen molar-refractivity contribution >= 4 is 28.6 Å². The van der Waals surface area contributed by atoms with Crippen molar-refractivity contribution in [3.8, 4) is 0 Å². The van der Waals surface area contributed by atoms with Gasteiger partial charge in [-0.05, 0) is 19.1 Å². The topological polar surface area (TPSA) is 40.6 Å². The van der Waals surface area contributed by atoms with E-state index in [2.05, 4.69) is 0 Å². The van der Waals surface area contributed by atoms with E-state index in [-0.39, 0.29) is 16.9 Å². The summed E-state index contributed by atoms with van der Waals surface area (Å²) in [5, 5.41) is -0.149. The van der Waals surface area contributed by atoms with E-state index < -0.39 is 0 Å². The van der Waals surface area contributed by atoms with Crippen molar-refractivity contribution in [3.05, 3.63) is 30.3 Å². The number of hydrogen-bond acceptors (Lipinski definition) is 4. The minimum Gasteiger partial charge on any atom is -0.354 e. The van der Waals surface area contributed by atoms with Gasteiger partial charge in [0.15, 0.2) is 0 Å². The van der Waals surface area contributed by atoms with Gasteiger partial charge in [-0.2, -0.15) is 0 Å². The third-order valence-electron chi connectivity index (χ3n) is 2.66. The summed E-state index contributed by atoms with van der Waals surface area (Å²) in [7, 11) is 0. The highest BCUT2D eigenvalue weighted by Gasteiger charge is 2.30. The number of benzene rings is 1. The lowest BCUT2D eigenvalue weighted by molar-refractivity contribution is -0.124. The Morgan fingerprint density at radius 1 is 1.29 bits per heavy atom. The lowest BCUT2D eigenvalue weighted by atomic mass is 10.3. The first-order valence-corrected chi connectivity index (χ1v) is 6.48. The van der Waals surface area contributed by atoms with Crippen molar-refractivity contribution in [2.24, 2.45) is 0 Å². The SMILES string of the molecule is CCN(CN1C(=O)CSC1=O)c1ccccc1. The zero-order valence-corrected chi connectivity index (χ0v) is 10.4. The van der Waals surface area contributed by atoms with Gasteiger partial charge in [-0.1, -0.05) is 30.0 Å². The minimum absolute atomic E-state index is 0.102. The Morgan fingerprint density at radius 2 is 2.00 bits per heavy atom. The molecule has 0 spiro atoms. The van der Waals surface area contributed by atoms with Crippen molar-refractivity contribution in [1.29, 1.82) is 0 Å². The lowest BCUT2D eigenvalue weighted by Crippen LogP contribution is -2.40. The number of rotatable bonds is 4. The van der Waals surface area contributed by atoms with Crippen LogP contribution in [0.25, 0.3) is 0 Å². The molecule has 1 aromatic carbocycles. The van der Waals surface area contributed by atoms with Gasteiger partial charge in [-0.3, -0.25) is 14.5 Å². The summed E-state index contributed by atoms with van der Waals surface area (Å²) >= 11 is 1.07.